The molecule has 17 heavy (non-hydrogen) atoms. The van der Waals surface area contributed by atoms with Crippen LogP contribution in [0.15, 0.2) is 12.2 Å². The van der Waals surface area contributed by atoms with Crippen molar-refractivity contribution in [1.29, 1.82) is 0 Å². The van der Waals surface area contributed by atoms with Crippen LogP contribution in [0.4, 0.5) is 0 Å². The molecule has 0 aromatic carbocycles. The zero-order valence-electron chi connectivity index (χ0n) is 10.1. The summed E-state index contributed by atoms with van der Waals surface area (Å²) < 4.78 is 0. The number of allylic oxidation sites excluding steroid dienone is 2. The molecule has 1 N–H and O–H groups in total. The Hall–Kier alpha value is -1.16. The minimum atomic E-state index is -0.131. The maximum Gasteiger partial charge on any atom is 0.233 e. The van der Waals surface area contributed by atoms with Crippen LogP contribution < -0.4 is 0 Å². The third kappa shape index (κ3) is 2.27. The molecule has 2 amide bonds. The smallest absolute Gasteiger partial charge is 0.233 e. The molecule has 2 rings (SSSR count). The van der Waals surface area contributed by atoms with Crippen LogP contribution in [0.2, 0.25) is 0 Å². The second-order valence-corrected chi connectivity index (χ2v) is 5.06. The van der Waals surface area contributed by atoms with E-state index in [0.717, 1.165) is 0 Å². The van der Waals surface area contributed by atoms with Crippen molar-refractivity contribution < 1.29 is 14.7 Å². The van der Waals surface area contributed by atoms with Gasteiger partial charge in [0.1, 0.15) is 0 Å². The minimum absolute atomic E-state index is 0.0193. The van der Waals surface area contributed by atoms with Crippen LogP contribution in [0.25, 0.3) is 0 Å². The summed E-state index contributed by atoms with van der Waals surface area (Å²) in [5, 5.41) is 8.85. The second kappa shape index (κ2) is 5.00. The molecule has 0 radical (unpaired) electrons. The first-order valence-corrected chi connectivity index (χ1v) is 6.26. The average molecular weight is 237 g/mol. The van der Waals surface area contributed by atoms with Crippen LogP contribution in [0.5, 0.6) is 0 Å². The number of hydrogen-bond donors (Lipinski definition) is 1. The number of likely N-dealkylation sites (tertiary alicyclic amines) is 1. The number of fused-ring (bicyclic) bond motifs is 1. The first-order valence-electron chi connectivity index (χ1n) is 6.26. The van der Waals surface area contributed by atoms with Crippen LogP contribution in [-0.2, 0) is 9.59 Å². The zero-order valence-corrected chi connectivity index (χ0v) is 10.1. The van der Waals surface area contributed by atoms with E-state index in [1.54, 1.807) is 0 Å². The van der Waals surface area contributed by atoms with Crippen molar-refractivity contribution in [3.63, 3.8) is 0 Å². The maximum absolute atomic E-state index is 12.1. The van der Waals surface area contributed by atoms with E-state index < -0.39 is 0 Å². The lowest BCUT2D eigenvalue weighted by Gasteiger charge is -2.19. The molecule has 0 saturated carbocycles. The van der Waals surface area contributed by atoms with Crippen LogP contribution in [0.1, 0.15) is 26.2 Å². The molecule has 1 aliphatic carbocycles. The monoisotopic (exact) mass is 237 g/mol. The number of aliphatic hydroxyl groups is 1. The van der Waals surface area contributed by atoms with Gasteiger partial charge in [0.15, 0.2) is 0 Å². The first-order chi connectivity index (χ1) is 8.15. The van der Waals surface area contributed by atoms with E-state index in [9.17, 15) is 9.59 Å². The van der Waals surface area contributed by atoms with Crippen molar-refractivity contribution in [2.45, 2.75) is 26.2 Å². The first kappa shape index (κ1) is 12.3. The average Bonchev–Trinajstić information content (AvgIpc) is 2.56. The van der Waals surface area contributed by atoms with Gasteiger partial charge in [-0.1, -0.05) is 19.1 Å². The van der Waals surface area contributed by atoms with Crippen molar-refractivity contribution in [3.8, 4) is 0 Å². The summed E-state index contributed by atoms with van der Waals surface area (Å²) >= 11 is 0. The van der Waals surface area contributed by atoms with Crippen molar-refractivity contribution in [1.82, 2.24) is 4.90 Å². The molecule has 1 unspecified atom stereocenters. The summed E-state index contributed by atoms with van der Waals surface area (Å²) in [6.45, 7) is 2.51. The number of amides is 2. The lowest BCUT2D eigenvalue weighted by atomic mass is 9.85. The summed E-state index contributed by atoms with van der Waals surface area (Å²) in [6, 6.07) is 0. The van der Waals surface area contributed by atoms with Gasteiger partial charge in [-0.05, 0) is 25.2 Å². The van der Waals surface area contributed by atoms with Gasteiger partial charge in [-0.3, -0.25) is 14.5 Å². The zero-order chi connectivity index (χ0) is 12.4. The highest BCUT2D eigenvalue weighted by Gasteiger charge is 2.47. The highest BCUT2D eigenvalue weighted by molar-refractivity contribution is 6.05. The molecule has 1 heterocycles. The molecule has 4 nitrogen and oxygen atoms in total. The van der Waals surface area contributed by atoms with Crippen molar-refractivity contribution >= 4 is 11.8 Å². The number of carbonyl (C=O) groups excluding carboxylic acids is 2. The molecule has 0 spiro atoms. The Labute approximate surface area is 101 Å². The SMILES string of the molecule is CC(CCO)CN1C(=O)[C@H]2CC=CC[C@H]2C1=O. The molecule has 1 saturated heterocycles. The van der Waals surface area contributed by atoms with Crippen molar-refractivity contribution in [3.05, 3.63) is 12.2 Å². The van der Waals surface area contributed by atoms with Crippen LogP contribution >= 0.6 is 0 Å². The fourth-order valence-electron chi connectivity index (χ4n) is 2.67. The Morgan fingerprint density at radius 3 is 2.29 bits per heavy atom. The topological polar surface area (TPSA) is 57.6 Å². The van der Waals surface area contributed by atoms with E-state index in [4.69, 9.17) is 5.11 Å². The van der Waals surface area contributed by atoms with Gasteiger partial charge in [-0.15, -0.1) is 0 Å². The normalized spacial score (nSPS) is 29.6. The van der Waals surface area contributed by atoms with Crippen molar-refractivity contribution in [2.24, 2.45) is 17.8 Å². The Morgan fingerprint density at radius 1 is 1.29 bits per heavy atom. The lowest BCUT2D eigenvalue weighted by Crippen LogP contribution is -2.35. The van der Waals surface area contributed by atoms with E-state index in [-0.39, 0.29) is 36.2 Å². The number of imide groups is 1. The summed E-state index contributed by atoms with van der Waals surface area (Å²) in [7, 11) is 0. The number of rotatable bonds is 4. The third-order valence-electron chi connectivity index (χ3n) is 3.72. The molecule has 94 valence electrons. The molecule has 0 aromatic rings. The van der Waals surface area contributed by atoms with E-state index in [1.165, 1.54) is 4.90 Å². The van der Waals surface area contributed by atoms with Gasteiger partial charge in [0.05, 0.1) is 11.8 Å². The van der Waals surface area contributed by atoms with Gasteiger partial charge < -0.3 is 5.11 Å². The predicted octanol–water partition coefficient (Wildman–Crippen LogP) is 0.956. The number of nitrogens with zero attached hydrogens (tertiary/aromatic N) is 1. The molecule has 3 atom stereocenters. The second-order valence-electron chi connectivity index (χ2n) is 5.06. The van der Waals surface area contributed by atoms with Gasteiger partial charge in [-0.25, -0.2) is 0 Å². The highest BCUT2D eigenvalue weighted by Crippen LogP contribution is 2.35. The Morgan fingerprint density at radius 2 is 1.82 bits per heavy atom. The molecule has 1 aliphatic heterocycles. The highest BCUT2D eigenvalue weighted by atomic mass is 16.3. The molecule has 0 aromatic heterocycles. The minimum Gasteiger partial charge on any atom is -0.396 e. The van der Waals surface area contributed by atoms with Crippen LogP contribution in [0.3, 0.4) is 0 Å². The Balaban J connectivity index is 2.05. The van der Waals surface area contributed by atoms with E-state index in [1.807, 2.05) is 19.1 Å². The molecular weight excluding hydrogens is 218 g/mol. The number of carbonyl (C=O) groups is 2. The molecule has 1 fully saturated rings. The molecular formula is C13H19NO3. The summed E-state index contributed by atoms with van der Waals surface area (Å²) in [6.07, 6.45) is 6.00. The fourth-order valence-corrected chi connectivity index (χ4v) is 2.67. The van der Waals surface area contributed by atoms with E-state index >= 15 is 0 Å². The summed E-state index contributed by atoms with van der Waals surface area (Å²) in [5.74, 6) is -0.132. The van der Waals surface area contributed by atoms with Crippen LogP contribution in [-0.4, -0.2) is 35.0 Å². The third-order valence-corrected chi connectivity index (χ3v) is 3.72. The maximum atomic E-state index is 12.1. The van der Waals surface area contributed by atoms with Gasteiger partial charge in [-0.2, -0.15) is 0 Å². The van der Waals surface area contributed by atoms with E-state index in [0.29, 0.717) is 25.8 Å². The molecule has 0 bridgehead atoms. The fraction of sp³-hybridized carbons (Fsp3) is 0.692. The summed E-state index contributed by atoms with van der Waals surface area (Å²) in [4.78, 5) is 25.6. The Kier molecular flexibility index (Phi) is 3.62. The predicted molar refractivity (Wildman–Crippen MR) is 62.9 cm³/mol. The molecule has 4 heteroatoms. The Bertz CT molecular complexity index is 325. The quantitative estimate of drug-likeness (QED) is 0.585. The standard InChI is InChI=1S/C13H19NO3/c1-9(6-7-15)8-14-12(16)10-4-2-3-5-11(10)13(14)17/h2-3,9-11,15H,4-8H2,1H3/t9?,10-,11+. The van der Waals surface area contributed by atoms with Gasteiger partial charge >= 0.3 is 0 Å². The van der Waals surface area contributed by atoms with Crippen LogP contribution in [0, 0.1) is 17.8 Å². The summed E-state index contributed by atoms with van der Waals surface area (Å²) in [5.41, 5.74) is 0. The lowest BCUT2D eigenvalue weighted by molar-refractivity contribution is -0.140. The van der Waals surface area contributed by atoms with Gasteiger partial charge in [0.25, 0.3) is 0 Å². The van der Waals surface area contributed by atoms with Gasteiger partial charge in [0, 0.05) is 13.2 Å². The number of hydrogen-bond acceptors (Lipinski definition) is 3. The number of aliphatic hydroxyl groups excluding tert-OH is 1. The molecule has 2 aliphatic rings. The van der Waals surface area contributed by atoms with Gasteiger partial charge in [0.2, 0.25) is 11.8 Å². The van der Waals surface area contributed by atoms with E-state index in [2.05, 4.69) is 0 Å². The largest absolute Gasteiger partial charge is 0.396 e. The van der Waals surface area contributed by atoms with Crippen molar-refractivity contribution in [2.75, 3.05) is 13.2 Å².